The van der Waals surface area contributed by atoms with Crippen LogP contribution in [0.2, 0.25) is 0 Å². The fourth-order valence-electron chi connectivity index (χ4n) is 3.49. The van der Waals surface area contributed by atoms with Crippen LogP contribution in [0.15, 0.2) is 47.0 Å². The Kier molecular flexibility index (Phi) is 4.43. The van der Waals surface area contributed by atoms with Crippen LogP contribution in [0.3, 0.4) is 0 Å². The van der Waals surface area contributed by atoms with Gasteiger partial charge in [0.15, 0.2) is 10.9 Å². The Balaban J connectivity index is 1.93. The summed E-state index contributed by atoms with van der Waals surface area (Å²) in [4.78, 5) is 46.9. The minimum absolute atomic E-state index is 0.0767. The first kappa shape index (κ1) is 18.2. The van der Waals surface area contributed by atoms with E-state index >= 15 is 0 Å². The first-order valence-corrected chi connectivity index (χ1v) is 9.67. The number of pyridine rings is 2. The number of thiazole rings is 1. The van der Waals surface area contributed by atoms with Crippen molar-refractivity contribution >= 4 is 28.2 Å². The molecule has 1 aliphatic rings. The van der Waals surface area contributed by atoms with Gasteiger partial charge in [-0.3, -0.25) is 29.3 Å². The number of hydrogen-bond donors (Lipinski definition) is 1. The zero-order valence-corrected chi connectivity index (χ0v) is 16.2. The molecule has 142 valence electrons. The summed E-state index contributed by atoms with van der Waals surface area (Å²) in [5.74, 6) is -0.662. The zero-order chi connectivity index (χ0) is 19.9. The maximum Gasteiger partial charge on any atom is 0.268 e. The third kappa shape index (κ3) is 3.27. The minimum atomic E-state index is -0.585. The lowest BCUT2D eigenvalue weighted by Crippen LogP contribution is -2.37. The Hall–Kier alpha value is -3.13. The molecule has 0 aromatic carbocycles. The normalized spacial score (nSPS) is 15.1. The standard InChI is InChI=1S/C20H18N4O3S/c1-20(2)9-15-13(16(25)10-20)8-14(17(26)23-19-22-6-7-28-19)18(27)24(15)12-4-3-5-21-11-12/h3-8,11H,9-10H2,1-2H3,(H,22,23,26). The quantitative estimate of drug-likeness (QED) is 0.737. The van der Waals surface area contributed by atoms with E-state index in [4.69, 9.17) is 0 Å². The Morgan fingerprint density at radius 3 is 2.75 bits per heavy atom. The van der Waals surface area contributed by atoms with Gasteiger partial charge < -0.3 is 0 Å². The molecule has 1 amide bonds. The van der Waals surface area contributed by atoms with Gasteiger partial charge in [-0.05, 0) is 30.0 Å². The van der Waals surface area contributed by atoms with Gasteiger partial charge in [0.2, 0.25) is 0 Å². The van der Waals surface area contributed by atoms with Crippen molar-refractivity contribution in [1.82, 2.24) is 14.5 Å². The molecule has 0 bridgehead atoms. The molecule has 1 N–H and O–H groups in total. The lowest BCUT2D eigenvalue weighted by molar-refractivity contribution is 0.0909. The lowest BCUT2D eigenvalue weighted by Gasteiger charge is -2.32. The highest BCUT2D eigenvalue weighted by Crippen LogP contribution is 2.35. The summed E-state index contributed by atoms with van der Waals surface area (Å²) >= 11 is 1.25. The Morgan fingerprint density at radius 1 is 1.25 bits per heavy atom. The topological polar surface area (TPSA) is 94.0 Å². The number of rotatable bonds is 3. The Morgan fingerprint density at radius 2 is 2.07 bits per heavy atom. The molecule has 0 radical (unpaired) electrons. The predicted molar refractivity (Wildman–Crippen MR) is 106 cm³/mol. The molecule has 0 spiro atoms. The highest BCUT2D eigenvalue weighted by molar-refractivity contribution is 7.13. The van der Waals surface area contributed by atoms with Crippen molar-refractivity contribution in [2.24, 2.45) is 5.41 Å². The molecule has 0 unspecified atom stereocenters. The van der Waals surface area contributed by atoms with E-state index in [1.807, 2.05) is 13.8 Å². The first-order valence-electron chi connectivity index (χ1n) is 8.79. The van der Waals surface area contributed by atoms with Crippen LogP contribution in [0.25, 0.3) is 5.69 Å². The van der Waals surface area contributed by atoms with Crippen molar-refractivity contribution in [2.75, 3.05) is 5.32 Å². The van der Waals surface area contributed by atoms with Gasteiger partial charge >= 0.3 is 0 Å². The second kappa shape index (κ2) is 6.79. The van der Waals surface area contributed by atoms with Gasteiger partial charge in [0.25, 0.3) is 11.5 Å². The van der Waals surface area contributed by atoms with Crippen LogP contribution >= 0.6 is 11.3 Å². The van der Waals surface area contributed by atoms with Gasteiger partial charge in [0.1, 0.15) is 5.56 Å². The molecule has 28 heavy (non-hydrogen) atoms. The van der Waals surface area contributed by atoms with Crippen LogP contribution in [-0.4, -0.2) is 26.2 Å². The number of aromatic nitrogens is 3. The summed E-state index contributed by atoms with van der Waals surface area (Å²) in [6.07, 6.45) is 5.63. The zero-order valence-electron chi connectivity index (χ0n) is 15.4. The fourth-order valence-corrected chi connectivity index (χ4v) is 4.01. The number of amides is 1. The summed E-state index contributed by atoms with van der Waals surface area (Å²) in [6.45, 7) is 3.99. The summed E-state index contributed by atoms with van der Waals surface area (Å²) in [6, 6.07) is 4.88. The molecule has 3 heterocycles. The molecule has 1 aliphatic carbocycles. The van der Waals surface area contributed by atoms with E-state index in [1.165, 1.54) is 22.0 Å². The lowest BCUT2D eigenvalue weighted by atomic mass is 9.75. The fraction of sp³-hybridized carbons (Fsp3) is 0.250. The summed E-state index contributed by atoms with van der Waals surface area (Å²) in [5.41, 5.74) is 0.706. The maximum absolute atomic E-state index is 13.3. The molecular formula is C20H18N4O3S. The predicted octanol–water partition coefficient (Wildman–Crippen LogP) is 3.10. The van der Waals surface area contributed by atoms with E-state index < -0.39 is 11.5 Å². The van der Waals surface area contributed by atoms with Crippen molar-refractivity contribution in [3.8, 4) is 5.69 Å². The van der Waals surface area contributed by atoms with E-state index in [2.05, 4.69) is 15.3 Å². The number of hydrogen-bond acceptors (Lipinski definition) is 6. The van der Waals surface area contributed by atoms with Gasteiger partial charge in [-0.15, -0.1) is 11.3 Å². The number of Topliss-reactive ketones (excluding diaryl/α,β-unsaturated/α-hetero) is 1. The van der Waals surface area contributed by atoms with E-state index in [0.29, 0.717) is 34.9 Å². The van der Waals surface area contributed by atoms with Crippen LogP contribution in [-0.2, 0) is 6.42 Å². The highest BCUT2D eigenvalue weighted by Gasteiger charge is 2.35. The molecule has 0 saturated heterocycles. The minimum Gasteiger partial charge on any atom is -0.298 e. The van der Waals surface area contributed by atoms with E-state index in [1.54, 1.807) is 36.1 Å². The molecule has 0 aliphatic heterocycles. The van der Waals surface area contributed by atoms with E-state index in [-0.39, 0.29) is 16.8 Å². The van der Waals surface area contributed by atoms with E-state index in [9.17, 15) is 14.4 Å². The number of nitrogens with one attached hydrogen (secondary N) is 1. The third-order valence-electron chi connectivity index (χ3n) is 4.69. The molecule has 0 fully saturated rings. The molecule has 7 nitrogen and oxygen atoms in total. The molecule has 4 rings (SSSR count). The molecule has 3 aromatic rings. The van der Waals surface area contributed by atoms with Crippen molar-refractivity contribution in [2.45, 2.75) is 26.7 Å². The number of ketones is 1. The first-order chi connectivity index (χ1) is 13.4. The van der Waals surface area contributed by atoms with Gasteiger partial charge in [-0.2, -0.15) is 0 Å². The summed E-state index contributed by atoms with van der Waals surface area (Å²) < 4.78 is 1.44. The summed E-state index contributed by atoms with van der Waals surface area (Å²) in [5, 5.41) is 4.74. The monoisotopic (exact) mass is 394 g/mol. The van der Waals surface area contributed by atoms with E-state index in [0.717, 1.165) is 0 Å². The smallest absolute Gasteiger partial charge is 0.268 e. The molecule has 8 heteroatoms. The summed E-state index contributed by atoms with van der Waals surface area (Å²) in [7, 11) is 0. The molecular weight excluding hydrogens is 376 g/mol. The second-order valence-electron chi connectivity index (χ2n) is 7.50. The number of anilines is 1. The largest absolute Gasteiger partial charge is 0.298 e. The Labute approximate surface area is 165 Å². The van der Waals surface area contributed by atoms with Gasteiger partial charge in [0, 0.05) is 35.5 Å². The average molecular weight is 394 g/mol. The van der Waals surface area contributed by atoms with Crippen molar-refractivity contribution in [3.05, 3.63) is 69.3 Å². The Bertz CT molecular complexity index is 1120. The number of carbonyl (C=O) groups is 2. The van der Waals surface area contributed by atoms with Crippen LogP contribution in [0, 0.1) is 5.41 Å². The van der Waals surface area contributed by atoms with Crippen LogP contribution in [0.5, 0.6) is 0 Å². The van der Waals surface area contributed by atoms with Crippen molar-refractivity contribution in [3.63, 3.8) is 0 Å². The second-order valence-corrected chi connectivity index (χ2v) is 8.40. The van der Waals surface area contributed by atoms with Crippen LogP contribution in [0.1, 0.15) is 46.7 Å². The number of nitrogens with zero attached hydrogens (tertiary/aromatic N) is 3. The van der Waals surface area contributed by atoms with Crippen molar-refractivity contribution < 1.29 is 9.59 Å². The number of fused-ring (bicyclic) bond motifs is 1. The molecule has 0 atom stereocenters. The SMILES string of the molecule is CC1(C)CC(=O)c2cc(C(=O)Nc3nccs3)c(=O)n(-c3cccnc3)c2C1. The van der Waals surface area contributed by atoms with Gasteiger partial charge in [0.05, 0.1) is 11.9 Å². The third-order valence-corrected chi connectivity index (χ3v) is 5.38. The maximum atomic E-state index is 13.3. The van der Waals surface area contributed by atoms with Crippen LogP contribution in [0.4, 0.5) is 5.13 Å². The van der Waals surface area contributed by atoms with Crippen molar-refractivity contribution in [1.29, 1.82) is 0 Å². The number of carbonyl (C=O) groups excluding carboxylic acids is 2. The van der Waals surface area contributed by atoms with Gasteiger partial charge in [-0.25, -0.2) is 4.98 Å². The van der Waals surface area contributed by atoms with Crippen LogP contribution < -0.4 is 10.9 Å². The molecule has 3 aromatic heterocycles. The van der Waals surface area contributed by atoms with Gasteiger partial charge in [-0.1, -0.05) is 13.8 Å². The highest BCUT2D eigenvalue weighted by atomic mass is 32.1. The average Bonchev–Trinajstić information content (AvgIpc) is 3.14. The molecule has 0 saturated carbocycles.